The van der Waals surface area contributed by atoms with Gasteiger partial charge in [0, 0.05) is 37.6 Å². The molecule has 0 spiro atoms. The predicted molar refractivity (Wildman–Crippen MR) is 62.4 cm³/mol. The van der Waals surface area contributed by atoms with Gasteiger partial charge in [0.25, 0.3) is 0 Å². The van der Waals surface area contributed by atoms with E-state index in [1.165, 1.54) is 0 Å². The molecule has 5 heteroatoms. The van der Waals surface area contributed by atoms with Gasteiger partial charge < -0.3 is 9.67 Å². The highest BCUT2D eigenvalue weighted by Gasteiger charge is 2.08. The topological polar surface area (TPSA) is 68.0 Å². The number of carboxylic acid groups (broad SMARTS) is 1. The van der Waals surface area contributed by atoms with Gasteiger partial charge in [0.15, 0.2) is 0 Å². The van der Waals surface area contributed by atoms with E-state index in [0.717, 1.165) is 17.1 Å². The lowest BCUT2D eigenvalue weighted by Gasteiger charge is -1.97. The van der Waals surface area contributed by atoms with Crippen LogP contribution in [0.1, 0.15) is 12.2 Å². The van der Waals surface area contributed by atoms with Crippen molar-refractivity contribution >= 4 is 5.97 Å². The number of carboxylic acids is 1. The van der Waals surface area contributed by atoms with Gasteiger partial charge in [-0.2, -0.15) is 0 Å². The van der Waals surface area contributed by atoms with Crippen molar-refractivity contribution < 1.29 is 9.90 Å². The number of nitrogens with zero attached hydrogens (tertiary/aromatic N) is 3. The molecule has 0 amide bonds. The molecule has 0 radical (unpaired) electrons. The minimum atomic E-state index is -0.807. The van der Waals surface area contributed by atoms with Crippen LogP contribution in [0.3, 0.4) is 0 Å². The van der Waals surface area contributed by atoms with E-state index in [0.29, 0.717) is 6.42 Å². The van der Waals surface area contributed by atoms with E-state index >= 15 is 0 Å². The lowest BCUT2D eigenvalue weighted by molar-refractivity contribution is -0.137. The van der Waals surface area contributed by atoms with Gasteiger partial charge >= 0.3 is 5.97 Å². The van der Waals surface area contributed by atoms with Crippen LogP contribution >= 0.6 is 0 Å². The Labute approximate surface area is 98.8 Å². The van der Waals surface area contributed by atoms with Crippen LogP contribution in [0, 0.1) is 0 Å². The summed E-state index contributed by atoms with van der Waals surface area (Å²) in [5, 5.41) is 8.64. The van der Waals surface area contributed by atoms with Crippen molar-refractivity contribution in [2.24, 2.45) is 7.05 Å². The van der Waals surface area contributed by atoms with Crippen molar-refractivity contribution in [2.45, 2.75) is 12.8 Å². The van der Waals surface area contributed by atoms with Crippen molar-refractivity contribution in [3.05, 3.63) is 36.5 Å². The second kappa shape index (κ2) is 4.78. The molecule has 0 saturated heterocycles. The average molecular weight is 231 g/mol. The van der Waals surface area contributed by atoms with E-state index in [1.54, 1.807) is 12.4 Å². The van der Waals surface area contributed by atoms with Gasteiger partial charge in [-0.3, -0.25) is 9.78 Å². The predicted octanol–water partition coefficient (Wildman–Crippen LogP) is 1.50. The van der Waals surface area contributed by atoms with Crippen molar-refractivity contribution in [2.75, 3.05) is 0 Å². The largest absolute Gasteiger partial charge is 0.481 e. The second-order valence-electron chi connectivity index (χ2n) is 3.78. The van der Waals surface area contributed by atoms with Crippen molar-refractivity contribution in [1.29, 1.82) is 0 Å². The van der Waals surface area contributed by atoms with Gasteiger partial charge in [-0.15, -0.1) is 0 Å². The molecule has 0 atom stereocenters. The van der Waals surface area contributed by atoms with E-state index < -0.39 is 5.97 Å². The first-order valence-corrected chi connectivity index (χ1v) is 5.31. The molecule has 0 bridgehead atoms. The monoisotopic (exact) mass is 231 g/mol. The van der Waals surface area contributed by atoms with E-state index in [4.69, 9.17) is 5.11 Å². The maximum absolute atomic E-state index is 10.5. The van der Waals surface area contributed by atoms with Gasteiger partial charge in [-0.1, -0.05) is 0 Å². The first kappa shape index (κ1) is 11.3. The van der Waals surface area contributed by atoms with Crippen molar-refractivity contribution in [3.8, 4) is 11.3 Å². The Morgan fingerprint density at radius 2 is 2.12 bits per heavy atom. The summed E-state index contributed by atoms with van der Waals surface area (Å²) in [6.07, 6.45) is 5.85. The third-order valence-corrected chi connectivity index (χ3v) is 2.51. The average Bonchev–Trinajstić information content (AvgIpc) is 2.69. The summed E-state index contributed by atoms with van der Waals surface area (Å²) < 4.78 is 1.86. The highest BCUT2D eigenvalue weighted by atomic mass is 16.4. The molecular formula is C12H13N3O2. The fourth-order valence-corrected chi connectivity index (χ4v) is 1.62. The molecule has 2 heterocycles. The summed E-state index contributed by atoms with van der Waals surface area (Å²) in [6, 6.07) is 3.76. The summed E-state index contributed by atoms with van der Waals surface area (Å²) >= 11 is 0. The SMILES string of the molecule is Cn1cc(-c2ccncc2)nc1CCC(=O)O. The molecular weight excluding hydrogens is 218 g/mol. The smallest absolute Gasteiger partial charge is 0.303 e. The molecule has 1 N–H and O–H groups in total. The quantitative estimate of drug-likeness (QED) is 0.865. The Balaban J connectivity index is 2.22. The number of carbonyl (C=O) groups is 1. The molecule has 17 heavy (non-hydrogen) atoms. The van der Waals surface area contributed by atoms with Crippen LogP contribution in [0.2, 0.25) is 0 Å². The van der Waals surface area contributed by atoms with Crippen molar-refractivity contribution in [3.63, 3.8) is 0 Å². The number of pyridine rings is 1. The van der Waals surface area contributed by atoms with Gasteiger partial charge in [0.05, 0.1) is 12.1 Å². The number of aryl methyl sites for hydroxylation is 2. The Morgan fingerprint density at radius 3 is 2.76 bits per heavy atom. The van der Waals surface area contributed by atoms with Gasteiger partial charge in [0.2, 0.25) is 0 Å². The lowest BCUT2D eigenvalue weighted by atomic mass is 10.2. The number of hydrogen-bond acceptors (Lipinski definition) is 3. The first-order chi connectivity index (χ1) is 8.16. The maximum Gasteiger partial charge on any atom is 0.303 e. The summed E-state index contributed by atoms with van der Waals surface area (Å²) in [5.41, 5.74) is 1.83. The Morgan fingerprint density at radius 1 is 1.41 bits per heavy atom. The van der Waals surface area contributed by atoms with Crippen LogP contribution in [-0.2, 0) is 18.3 Å². The highest BCUT2D eigenvalue weighted by molar-refractivity contribution is 5.67. The van der Waals surface area contributed by atoms with Crippen LogP contribution in [0.5, 0.6) is 0 Å². The van der Waals surface area contributed by atoms with Crippen molar-refractivity contribution in [1.82, 2.24) is 14.5 Å². The molecule has 2 rings (SSSR count). The maximum atomic E-state index is 10.5. The molecule has 2 aromatic heterocycles. The normalized spacial score (nSPS) is 10.4. The number of imidazole rings is 1. The third kappa shape index (κ3) is 2.69. The van der Waals surface area contributed by atoms with Gasteiger partial charge in [0.1, 0.15) is 5.82 Å². The van der Waals surface area contributed by atoms with Crippen LogP contribution in [0.15, 0.2) is 30.7 Å². The standard InChI is InChI=1S/C12H13N3O2/c1-15-8-10(9-4-6-13-7-5-9)14-11(15)2-3-12(16)17/h4-8H,2-3H2,1H3,(H,16,17). The molecule has 0 aliphatic heterocycles. The number of rotatable bonds is 4. The molecule has 88 valence electrons. The summed E-state index contributed by atoms with van der Waals surface area (Å²) in [5.74, 6) is -0.0299. The number of aromatic nitrogens is 3. The number of hydrogen-bond donors (Lipinski definition) is 1. The van der Waals surface area contributed by atoms with Gasteiger partial charge in [-0.05, 0) is 12.1 Å². The third-order valence-electron chi connectivity index (χ3n) is 2.51. The minimum absolute atomic E-state index is 0.0979. The Hall–Kier alpha value is -2.17. The summed E-state index contributed by atoms with van der Waals surface area (Å²) in [4.78, 5) is 18.9. The van der Waals surface area contributed by atoms with E-state index in [1.807, 2.05) is 29.9 Å². The van der Waals surface area contributed by atoms with Crippen LogP contribution in [0.25, 0.3) is 11.3 Å². The van der Waals surface area contributed by atoms with E-state index in [2.05, 4.69) is 9.97 Å². The van der Waals surface area contributed by atoms with Crippen LogP contribution in [-0.4, -0.2) is 25.6 Å². The molecule has 0 saturated carbocycles. The lowest BCUT2D eigenvalue weighted by Crippen LogP contribution is -2.02. The molecule has 0 aromatic carbocycles. The zero-order valence-corrected chi connectivity index (χ0v) is 9.50. The first-order valence-electron chi connectivity index (χ1n) is 5.31. The zero-order valence-electron chi connectivity index (χ0n) is 9.50. The second-order valence-corrected chi connectivity index (χ2v) is 3.78. The van der Waals surface area contributed by atoms with Gasteiger partial charge in [-0.25, -0.2) is 4.98 Å². The highest BCUT2D eigenvalue weighted by Crippen LogP contribution is 2.17. The van der Waals surface area contributed by atoms with Crippen LogP contribution in [0.4, 0.5) is 0 Å². The van der Waals surface area contributed by atoms with E-state index in [-0.39, 0.29) is 6.42 Å². The molecule has 0 fully saturated rings. The Kier molecular flexibility index (Phi) is 3.18. The number of aliphatic carboxylic acids is 1. The molecule has 2 aromatic rings. The molecule has 0 aliphatic carbocycles. The Bertz CT molecular complexity index is 520. The molecule has 0 unspecified atom stereocenters. The summed E-state index contributed by atoms with van der Waals surface area (Å²) in [6.45, 7) is 0. The molecule has 5 nitrogen and oxygen atoms in total. The fourth-order valence-electron chi connectivity index (χ4n) is 1.62. The zero-order chi connectivity index (χ0) is 12.3. The fraction of sp³-hybridized carbons (Fsp3) is 0.250. The van der Waals surface area contributed by atoms with Crippen LogP contribution < -0.4 is 0 Å². The van der Waals surface area contributed by atoms with E-state index in [9.17, 15) is 4.79 Å². The molecule has 0 aliphatic rings. The minimum Gasteiger partial charge on any atom is -0.481 e. The summed E-state index contributed by atoms with van der Waals surface area (Å²) in [7, 11) is 1.87.